The van der Waals surface area contributed by atoms with E-state index >= 15 is 0 Å². The van der Waals surface area contributed by atoms with Crippen molar-refractivity contribution in [3.8, 4) is 0 Å². The third-order valence-electron chi connectivity index (χ3n) is 7.52. The predicted molar refractivity (Wildman–Crippen MR) is 146 cm³/mol. The number of hydrogen-bond donors (Lipinski definition) is 0. The molecule has 0 unspecified atom stereocenters. The van der Waals surface area contributed by atoms with Gasteiger partial charge in [-0.3, -0.25) is 4.79 Å². The van der Waals surface area contributed by atoms with E-state index in [1.807, 2.05) is 24.3 Å². The molecule has 0 aromatic heterocycles. The fourth-order valence-corrected chi connectivity index (χ4v) is 5.54. The Hall–Kier alpha value is -3.45. The summed E-state index contributed by atoms with van der Waals surface area (Å²) in [6, 6.07) is 34.4. The van der Waals surface area contributed by atoms with E-state index < -0.39 is 5.41 Å². The number of carbonyl (C=O) groups excluding carboxylic acids is 1. The second kappa shape index (κ2) is 8.05. The van der Waals surface area contributed by atoms with Crippen molar-refractivity contribution >= 4 is 5.78 Å². The van der Waals surface area contributed by atoms with Crippen LogP contribution in [0.4, 0.5) is 0 Å². The van der Waals surface area contributed by atoms with Crippen molar-refractivity contribution in [2.75, 3.05) is 0 Å². The summed E-state index contributed by atoms with van der Waals surface area (Å²) in [5.74, 6) is 0.101. The summed E-state index contributed by atoms with van der Waals surface area (Å²) >= 11 is 0. The average molecular weight is 459 g/mol. The van der Waals surface area contributed by atoms with E-state index in [9.17, 15) is 4.79 Å². The molecular weight excluding hydrogens is 424 g/mol. The molecule has 5 rings (SSSR count). The van der Waals surface area contributed by atoms with E-state index in [1.165, 1.54) is 22.3 Å². The van der Waals surface area contributed by atoms with E-state index in [1.54, 1.807) is 0 Å². The Labute approximate surface area is 209 Å². The molecule has 4 aromatic carbocycles. The van der Waals surface area contributed by atoms with Crippen LogP contribution >= 0.6 is 0 Å². The first-order valence-corrected chi connectivity index (χ1v) is 12.5. The average Bonchev–Trinajstić information content (AvgIpc) is 2.84. The first-order valence-electron chi connectivity index (χ1n) is 12.5. The summed E-state index contributed by atoms with van der Waals surface area (Å²) < 4.78 is 0. The van der Waals surface area contributed by atoms with Gasteiger partial charge in [0.2, 0.25) is 0 Å². The molecule has 0 radical (unpaired) electrons. The summed E-state index contributed by atoms with van der Waals surface area (Å²) in [5, 5.41) is 0. The SMILES string of the molecule is CC(C)(C)c1ccc(C2(c3ccc(C(C)(C)C)cc3)c3ccccc3C(=O)c3ccccc32)cc1. The number of fused-ring (bicyclic) bond motifs is 2. The van der Waals surface area contributed by atoms with Crippen molar-refractivity contribution in [2.45, 2.75) is 57.8 Å². The second-order valence-electron chi connectivity index (χ2n) is 11.8. The first-order chi connectivity index (χ1) is 16.5. The molecule has 0 N–H and O–H groups in total. The number of rotatable bonds is 2. The highest BCUT2D eigenvalue weighted by molar-refractivity contribution is 6.14. The van der Waals surface area contributed by atoms with Crippen LogP contribution in [0.5, 0.6) is 0 Å². The highest BCUT2D eigenvalue weighted by Crippen LogP contribution is 2.51. The van der Waals surface area contributed by atoms with Crippen molar-refractivity contribution in [3.63, 3.8) is 0 Å². The predicted octanol–water partition coefficient (Wildman–Crippen LogP) is 8.21. The van der Waals surface area contributed by atoms with Crippen molar-refractivity contribution in [1.29, 1.82) is 0 Å². The third-order valence-corrected chi connectivity index (χ3v) is 7.52. The molecule has 0 saturated heterocycles. The lowest BCUT2D eigenvalue weighted by molar-refractivity contribution is 0.103. The Kier molecular flexibility index (Phi) is 5.36. The molecule has 0 heterocycles. The molecule has 0 saturated carbocycles. The van der Waals surface area contributed by atoms with E-state index in [4.69, 9.17) is 0 Å². The molecule has 1 nitrogen and oxygen atoms in total. The minimum atomic E-state index is -0.575. The van der Waals surface area contributed by atoms with Gasteiger partial charge >= 0.3 is 0 Å². The van der Waals surface area contributed by atoms with Gasteiger partial charge < -0.3 is 0 Å². The summed E-state index contributed by atoms with van der Waals surface area (Å²) in [5.41, 5.74) is 8.19. The van der Waals surface area contributed by atoms with Crippen molar-refractivity contribution in [1.82, 2.24) is 0 Å². The van der Waals surface area contributed by atoms with Gasteiger partial charge in [0.25, 0.3) is 0 Å². The van der Waals surface area contributed by atoms with Gasteiger partial charge in [0, 0.05) is 11.1 Å². The largest absolute Gasteiger partial charge is 0.289 e. The van der Waals surface area contributed by atoms with E-state index in [2.05, 4.69) is 114 Å². The quantitative estimate of drug-likeness (QED) is 0.260. The first kappa shape index (κ1) is 23.3. The van der Waals surface area contributed by atoms with Crippen LogP contribution in [-0.2, 0) is 16.2 Å². The molecule has 1 heteroatoms. The minimum Gasteiger partial charge on any atom is -0.289 e. The lowest BCUT2D eigenvalue weighted by Crippen LogP contribution is -2.38. The Balaban J connectivity index is 1.88. The van der Waals surface area contributed by atoms with Gasteiger partial charge in [-0.2, -0.15) is 0 Å². The molecule has 0 spiro atoms. The maximum atomic E-state index is 13.6. The zero-order valence-electron chi connectivity index (χ0n) is 21.6. The van der Waals surface area contributed by atoms with Crippen LogP contribution in [0, 0.1) is 0 Å². The number of hydrogen-bond acceptors (Lipinski definition) is 1. The van der Waals surface area contributed by atoms with E-state index in [-0.39, 0.29) is 16.6 Å². The van der Waals surface area contributed by atoms with Crippen molar-refractivity contribution in [2.24, 2.45) is 0 Å². The molecule has 4 aromatic rings. The van der Waals surface area contributed by atoms with Crippen LogP contribution in [-0.4, -0.2) is 5.78 Å². The second-order valence-corrected chi connectivity index (χ2v) is 11.8. The maximum absolute atomic E-state index is 13.6. The van der Waals surface area contributed by atoms with Crippen LogP contribution in [0.3, 0.4) is 0 Å². The van der Waals surface area contributed by atoms with Gasteiger partial charge in [0.1, 0.15) is 0 Å². The number of carbonyl (C=O) groups is 1. The van der Waals surface area contributed by atoms with Gasteiger partial charge in [-0.15, -0.1) is 0 Å². The van der Waals surface area contributed by atoms with Gasteiger partial charge in [0.15, 0.2) is 5.78 Å². The Morgan fingerprint density at radius 1 is 0.486 bits per heavy atom. The molecule has 1 aliphatic rings. The zero-order chi connectivity index (χ0) is 25.0. The molecule has 0 bridgehead atoms. The lowest BCUT2D eigenvalue weighted by Gasteiger charge is -2.42. The minimum absolute atomic E-state index is 0.0679. The van der Waals surface area contributed by atoms with Gasteiger partial charge in [-0.25, -0.2) is 0 Å². The highest BCUT2D eigenvalue weighted by Gasteiger charge is 2.46. The van der Waals surface area contributed by atoms with Gasteiger partial charge in [-0.05, 0) is 44.2 Å². The summed E-state index contributed by atoms with van der Waals surface area (Å²) in [6.45, 7) is 13.5. The van der Waals surface area contributed by atoms with Crippen molar-refractivity contribution in [3.05, 3.63) is 142 Å². The third kappa shape index (κ3) is 3.65. The molecule has 0 aliphatic heterocycles. The van der Waals surface area contributed by atoms with Crippen LogP contribution in [0.25, 0.3) is 0 Å². The van der Waals surface area contributed by atoms with Crippen LogP contribution in [0.2, 0.25) is 0 Å². The molecule has 0 fully saturated rings. The molecule has 0 amide bonds. The highest BCUT2D eigenvalue weighted by atomic mass is 16.1. The fraction of sp³-hybridized carbons (Fsp3) is 0.265. The standard InChI is InChI=1S/C34H34O/c1-32(2,3)23-15-19-25(20-16-23)34(26-21-17-24(18-22-26)33(4,5)6)29-13-9-7-11-27(29)31(35)28-12-8-10-14-30(28)34/h7-22H,1-6H3. The fourth-order valence-electron chi connectivity index (χ4n) is 5.54. The topological polar surface area (TPSA) is 17.1 Å². The summed E-state index contributed by atoms with van der Waals surface area (Å²) in [6.07, 6.45) is 0. The van der Waals surface area contributed by atoms with Crippen LogP contribution in [0.1, 0.15) is 90.8 Å². The normalized spacial score (nSPS) is 14.9. The lowest BCUT2D eigenvalue weighted by atomic mass is 9.59. The van der Waals surface area contributed by atoms with Gasteiger partial charge in [0.05, 0.1) is 5.41 Å². The summed E-state index contributed by atoms with van der Waals surface area (Å²) in [7, 11) is 0. The number of ketones is 1. The monoisotopic (exact) mass is 458 g/mol. The van der Waals surface area contributed by atoms with E-state index in [0.29, 0.717) is 0 Å². The molecule has 1 aliphatic carbocycles. The Morgan fingerprint density at radius 2 is 0.829 bits per heavy atom. The maximum Gasteiger partial charge on any atom is 0.193 e. The molecule has 176 valence electrons. The van der Waals surface area contributed by atoms with Crippen LogP contribution < -0.4 is 0 Å². The Morgan fingerprint density at radius 3 is 1.17 bits per heavy atom. The molecule has 0 atom stereocenters. The van der Waals surface area contributed by atoms with Crippen LogP contribution in [0.15, 0.2) is 97.1 Å². The zero-order valence-corrected chi connectivity index (χ0v) is 21.6. The van der Waals surface area contributed by atoms with E-state index in [0.717, 1.165) is 22.3 Å². The molecule has 35 heavy (non-hydrogen) atoms. The van der Waals surface area contributed by atoms with Gasteiger partial charge in [-0.1, -0.05) is 139 Å². The Bertz CT molecular complexity index is 1280. The number of benzene rings is 4. The van der Waals surface area contributed by atoms with Crippen molar-refractivity contribution < 1.29 is 4.79 Å². The smallest absolute Gasteiger partial charge is 0.193 e. The molecular formula is C34H34O. The summed E-state index contributed by atoms with van der Waals surface area (Å²) in [4.78, 5) is 13.6.